The largest absolute Gasteiger partial charge is 0.483 e. The van der Waals surface area contributed by atoms with Gasteiger partial charge in [0.05, 0.1) is 0 Å². The molecule has 1 unspecified atom stereocenters. The predicted molar refractivity (Wildman–Crippen MR) is 125 cm³/mol. The quantitative estimate of drug-likeness (QED) is 0.494. The topological polar surface area (TPSA) is 160 Å². The van der Waals surface area contributed by atoms with Gasteiger partial charge in [0, 0.05) is 63.6 Å². The van der Waals surface area contributed by atoms with E-state index in [9.17, 15) is 9.59 Å². The fraction of sp³-hybridized carbons (Fsp3) is 0.545. The van der Waals surface area contributed by atoms with Gasteiger partial charge in [-0.3, -0.25) is 19.1 Å². The van der Waals surface area contributed by atoms with Gasteiger partial charge in [-0.25, -0.2) is 4.98 Å². The summed E-state index contributed by atoms with van der Waals surface area (Å²) in [6.45, 7) is 1.57. The van der Waals surface area contributed by atoms with Crippen LogP contribution in [0.2, 0.25) is 0 Å². The maximum Gasteiger partial charge on any atom is 0.290 e. The van der Waals surface area contributed by atoms with Gasteiger partial charge in [-0.2, -0.15) is 10.1 Å². The number of nitrogens with one attached hydrogen (secondary N) is 1. The van der Waals surface area contributed by atoms with Gasteiger partial charge < -0.3 is 26.0 Å². The van der Waals surface area contributed by atoms with Gasteiger partial charge in [-0.15, -0.1) is 0 Å². The predicted octanol–water partition coefficient (Wildman–Crippen LogP) is 0.229. The molecule has 2 bridgehead atoms. The van der Waals surface area contributed by atoms with Crippen LogP contribution in [0, 0.1) is 0 Å². The van der Waals surface area contributed by atoms with Crippen LogP contribution < -0.4 is 16.0 Å². The molecule has 1 aliphatic carbocycles. The average Bonchev–Trinajstić information content (AvgIpc) is 3.15. The van der Waals surface area contributed by atoms with Crippen molar-refractivity contribution in [1.82, 2.24) is 30.0 Å². The summed E-state index contributed by atoms with van der Waals surface area (Å²) in [6, 6.07) is 1.73. The number of nitrogens with two attached hydrogens (primary N) is 1. The highest BCUT2D eigenvalue weighted by molar-refractivity contribution is 5.94. The molecular formula is C22H32N8O4. The van der Waals surface area contributed by atoms with Crippen LogP contribution >= 0.6 is 0 Å². The Labute approximate surface area is 198 Å². The van der Waals surface area contributed by atoms with Crippen molar-refractivity contribution in [3.63, 3.8) is 0 Å². The lowest BCUT2D eigenvalue weighted by atomic mass is 9.90. The van der Waals surface area contributed by atoms with Crippen LogP contribution in [-0.4, -0.2) is 80.8 Å². The van der Waals surface area contributed by atoms with E-state index in [0.717, 1.165) is 30.5 Å². The molecule has 0 aromatic carbocycles. The molecule has 4 rings (SSSR count). The monoisotopic (exact) mass is 472 g/mol. The Bertz CT molecular complexity index is 1020. The molecule has 1 atom stereocenters. The Hall–Kier alpha value is -3.70. The van der Waals surface area contributed by atoms with E-state index in [0.29, 0.717) is 56.4 Å². The lowest BCUT2D eigenvalue weighted by Gasteiger charge is -2.32. The first-order valence-electron chi connectivity index (χ1n) is 11.4. The summed E-state index contributed by atoms with van der Waals surface area (Å²) < 4.78 is 1.81. The van der Waals surface area contributed by atoms with Crippen molar-refractivity contribution in [2.45, 2.75) is 44.6 Å². The number of carbonyl (C=O) groups excluding carboxylic acids is 2. The van der Waals surface area contributed by atoms with Crippen LogP contribution in [0.5, 0.6) is 0 Å². The van der Waals surface area contributed by atoms with Crippen LogP contribution in [0.3, 0.4) is 0 Å². The Balaban J connectivity index is 0.00000103. The molecule has 4 N–H and O–H groups in total. The molecule has 184 valence electrons. The van der Waals surface area contributed by atoms with Crippen molar-refractivity contribution in [2.24, 2.45) is 7.05 Å². The number of nitrogen functional groups attached to an aromatic ring is 1. The number of anilines is 2. The summed E-state index contributed by atoms with van der Waals surface area (Å²) in [7, 11) is 3.75. The molecule has 1 aliphatic heterocycles. The third kappa shape index (κ3) is 5.80. The fourth-order valence-electron chi connectivity index (χ4n) is 4.47. The first-order valence-corrected chi connectivity index (χ1v) is 11.4. The zero-order valence-electron chi connectivity index (χ0n) is 19.6. The van der Waals surface area contributed by atoms with Gasteiger partial charge in [-0.1, -0.05) is 0 Å². The van der Waals surface area contributed by atoms with Crippen LogP contribution in [0.4, 0.5) is 11.8 Å². The van der Waals surface area contributed by atoms with Crippen molar-refractivity contribution in [1.29, 1.82) is 0 Å². The zero-order chi connectivity index (χ0) is 24.7. The number of hydrogen-bond acceptors (Lipinski definition) is 8. The summed E-state index contributed by atoms with van der Waals surface area (Å²) >= 11 is 0. The van der Waals surface area contributed by atoms with Gasteiger partial charge in [-0.05, 0) is 38.2 Å². The van der Waals surface area contributed by atoms with Gasteiger partial charge in [0.2, 0.25) is 11.9 Å². The number of fused-ring (bicyclic) bond motifs is 1. The van der Waals surface area contributed by atoms with Crippen molar-refractivity contribution in [3.8, 4) is 0 Å². The Morgan fingerprint density at radius 3 is 2.68 bits per heavy atom. The molecule has 0 saturated heterocycles. The van der Waals surface area contributed by atoms with Crippen LogP contribution in [0.25, 0.3) is 0 Å². The number of rotatable bonds is 1. The van der Waals surface area contributed by atoms with Gasteiger partial charge >= 0.3 is 0 Å². The first kappa shape index (κ1) is 24.9. The molecule has 2 aromatic rings. The third-order valence-electron chi connectivity index (χ3n) is 6.24. The highest BCUT2D eigenvalue weighted by Gasteiger charge is 2.31. The Kier molecular flexibility index (Phi) is 8.39. The van der Waals surface area contributed by atoms with Crippen LogP contribution in [-0.2, 0) is 29.5 Å². The second kappa shape index (κ2) is 11.4. The average molecular weight is 473 g/mol. The van der Waals surface area contributed by atoms with E-state index in [-0.39, 0.29) is 24.3 Å². The number of carboxylic acid groups (broad SMARTS) is 1. The lowest BCUT2D eigenvalue weighted by Crippen LogP contribution is -2.41. The molecule has 2 amide bonds. The number of aromatic nitrogens is 4. The van der Waals surface area contributed by atoms with E-state index in [1.807, 2.05) is 28.6 Å². The van der Waals surface area contributed by atoms with E-state index in [1.54, 1.807) is 12.3 Å². The molecule has 0 fully saturated rings. The van der Waals surface area contributed by atoms with E-state index >= 15 is 0 Å². The maximum atomic E-state index is 12.9. The second-order valence-electron chi connectivity index (χ2n) is 8.39. The zero-order valence-corrected chi connectivity index (χ0v) is 19.6. The second-order valence-corrected chi connectivity index (χ2v) is 8.39. The summed E-state index contributed by atoms with van der Waals surface area (Å²) in [6.07, 6.45) is 5.86. The maximum absolute atomic E-state index is 12.9. The number of amides is 2. The number of hydrogen-bond donors (Lipinski definition) is 3. The van der Waals surface area contributed by atoms with Gasteiger partial charge in [0.25, 0.3) is 12.4 Å². The molecule has 0 saturated carbocycles. The molecule has 0 spiro atoms. The molecule has 2 aromatic heterocycles. The van der Waals surface area contributed by atoms with E-state index in [1.165, 1.54) is 0 Å². The standard InChI is InChI=1S/C21H30N8O2.CH2O2/c1-27-14-6-7-16-15(13-14)19(26-28(16)2)20(31)23-9-4-12-29(11-3-5-18(27)30)21-24-10-8-17(22)25-21;2-1-3/h8,10,14H,3-7,9,11-13H2,1-2H3,(H,23,31)(H2,22,24,25);1H,(H,2,3). The minimum atomic E-state index is -0.250. The summed E-state index contributed by atoms with van der Waals surface area (Å²) in [5, 5.41) is 14.4. The number of aryl methyl sites for hydroxylation is 1. The van der Waals surface area contributed by atoms with Gasteiger partial charge in [0.15, 0.2) is 5.69 Å². The van der Waals surface area contributed by atoms with Crippen LogP contribution in [0.1, 0.15) is 47.4 Å². The van der Waals surface area contributed by atoms with Crippen LogP contribution in [0.15, 0.2) is 12.3 Å². The van der Waals surface area contributed by atoms with Crippen molar-refractivity contribution in [2.75, 3.05) is 37.3 Å². The fourth-order valence-corrected chi connectivity index (χ4v) is 4.47. The summed E-state index contributed by atoms with van der Waals surface area (Å²) in [4.78, 5) is 46.6. The number of nitrogens with zero attached hydrogens (tertiary/aromatic N) is 6. The highest BCUT2D eigenvalue weighted by atomic mass is 16.3. The number of carbonyl (C=O) groups is 3. The number of likely N-dealkylation sites (N-methyl/N-ethyl adjacent to an activating group) is 1. The van der Waals surface area contributed by atoms with Gasteiger partial charge in [0.1, 0.15) is 5.82 Å². The summed E-state index contributed by atoms with van der Waals surface area (Å²) in [5.74, 6) is 0.911. The van der Waals surface area contributed by atoms with Crippen molar-refractivity contribution in [3.05, 3.63) is 29.2 Å². The minimum absolute atomic E-state index is 0.0780. The normalized spacial score (nSPS) is 19.3. The molecule has 12 nitrogen and oxygen atoms in total. The smallest absolute Gasteiger partial charge is 0.290 e. The molecule has 2 aliphatic rings. The van der Waals surface area contributed by atoms with Crippen molar-refractivity contribution >= 4 is 30.1 Å². The third-order valence-corrected chi connectivity index (χ3v) is 6.24. The van der Waals surface area contributed by atoms with E-state index in [4.69, 9.17) is 15.6 Å². The Morgan fingerprint density at radius 1 is 1.21 bits per heavy atom. The van der Waals surface area contributed by atoms with E-state index in [2.05, 4.69) is 20.4 Å². The van der Waals surface area contributed by atoms with E-state index < -0.39 is 0 Å². The highest BCUT2D eigenvalue weighted by Crippen LogP contribution is 2.27. The molecule has 3 heterocycles. The molecule has 12 heteroatoms. The lowest BCUT2D eigenvalue weighted by molar-refractivity contribution is -0.132. The molecular weight excluding hydrogens is 440 g/mol. The first-order chi connectivity index (χ1) is 16.3. The SMILES string of the molecule is CN1C(=O)CCCN(c2nccc(N)n2)CCCNC(=O)c2nn(C)c3c2CC1CC3.O=CO. The van der Waals surface area contributed by atoms with Crippen molar-refractivity contribution < 1.29 is 19.5 Å². The molecule has 34 heavy (non-hydrogen) atoms. The molecule has 0 radical (unpaired) electrons. The summed E-state index contributed by atoms with van der Waals surface area (Å²) in [5.41, 5.74) is 8.38. The Morgan fingerprint density at radius 2 is 1.94 bits per heavy atom. The minimum Gasteiger partial charge on any atom is -0.483 e.